The van der Waals surface area contributed by atoms with Crippen molar-refractivity contribution in [3.8, 4) is 0 Å². The molecule has 1 N–H and O–H groups in total. The van der Waals surface area contributed by atoms with Crippen molar-refractivity contribution in [1.29, 1.82) is 0 Å². The van der Waals surface area contributed by atoms with Crippen molar-refractivity contribution in [3.05, 3.63) is 69.7 Å². The monoisotopic (exact) mass is 339 g/mol. The predicted octanol–water partition coefficient (Wildman–Crippen LogP) is 3.59. The molecule has 0 unspecified atom stereocenters. The molecule has 2 rings (SSSR count). The zero-order chi connectivity index (χ0) is 14.5. The lowest BCUT2D eigenvalue weighted by Gasteiger charge is -2.07. The van der Waals surface area contributed by atoms with E-state index in [1.165, 1.54) is 18.2 Å². The number of amides is 1. The van der Waals surface area contributed by atoms with Gasteiger partial charge in [0.25, 0.3) is 0 Å². The molecule has 0 atom stereocenters. The van der Waals surface area contributed by atoms with Gasteiger partial charge in [0.15, 0.2) is 0 Å². The van der Waals surface area contributed by atoms with Crippen LogP contribution < -0.4 is 5.32 Å². The first kappa shape index (κ1) is 14.7. The van der Waals surface area contributed by atoms with E-state index in [9.17, 15) is 13.6 Å². The SMILES string of the molecule is O=C(Cc1cc(Br)ccc1F)NCc1ccc(F)cc1. The van der Waals surface area contributed by atoms with Gasteiger partial charge < -0.3 is 5.32 Å². The molecule has 104 valence electrons. The number of benzene rings is 2. The van der Waals surface area contributed by atoms with Crippen molar-refractivity contribution in [2.45, 2.75) is 13.0 Å². The molecule has 2 nitrogen and oxygen atoms in total. The molecule has 2 aromatic carbocycles. The van der Waals surface area contributed by atoms with Gasteiger partial charge in [0.05, 0.1) is 6.42 Å². The Bertz CT molecular complexity index is 614. The Kier molecular flexibility index (Phi) is 4.84. The topological polar surface area (TPSA) is 29.1 Å². The van der Waals surface area contributed by atoms with Gasteiger partial charge in [-0.3, -0.25) is 4.79 Å². The molecule has 0 aliphatic heterocycles. The average molecular weight is 340 g/mol. The van der Waals surface area contributed by atoms with E-state index in [4.69, 9.17) is 0 Å². The summed E-state index contributed by atoms with van der Waals surface area (Å²) in [5, 5.41) is 2.67. The minimum absolute atomic E-state index is 0.0352. The predicted molar refractivity (Wildman–Crippen MR) is 76.1 cm³/mol. The summed E-state index contributed by atoms with van der Waals surface area (Å²) in [6.07, 6.45) is -0.0352. The van der Waals surface area contributed by atoms with Gasteiger partial charge in [-0.1, -0.05) is 28.1 Å². The van der Waals surface area contributed by atoms with Crippen LogP contribution in [0.15, 0.2) is 46.9 Å². The van der Waals surface area contributed by atoms with Crippen molar-refractivity contribution in [1.82, 2.24) is 5.32 Å². The highest BCUT2D eigenvalue weighted by molar-refractivity contribution is 9.10. The Morgan fingerprint density at radius 3 is 2.50 bits per heavy atom. The van der Waals surface area contributed by atoms with Crippen LogP contribution in [-0.2, 0) is 17.8 Å². The van der Waals surface area contributed by atoms with E-state index < -0.39 is 5.82 Å². The Morgan fingerprint density at radius 1 is 1.10 bits per heavy atom. The second-order valence-electron chi connectivity index (χ2n) is 4.32. The molecule has 20 heavy (non-hydrogen) atoms. The summed E-state index contributed by atoms with van der Waals surface area (Å²) in [7, 11) is 0. The van der Waals surface area contributed by atoms with Crippen LogP contribution in [0.2, 0.25) is 0 Å². The van der Waals surface area contributed by atoms with E-state index in [-0.39, 0.29) is 24.7 Å². The van der Waals surface area contributed by atoms with Crippen LogP contribution in [0.25, 0.3) is 0 Å². The number of carbonyl (C=O) groups is 1. The van der Waals surface area contributed by atoms with Crippen LogP contribution in [0.3, 0.4) is 0 Å². The normalized spacial score (nSPS) is 10.3. The summed E-state index contributed by atoms with van der Waals surface area (Å²) in [5.41, 5.74) is 1.12. The Labute approximate surface area is 123 Å². The van der Waals surface area contributed by atoms with Crippen LogP contribution in [0.5, 0.6) is 0 Å². The van der Waals surface area contributed by atoms with Crippen molar-refractivity contribution in [2.75, 3.05) is 0 Å². The third kappa shape index (κ3) is 4.13. The van der Waals surface area contributed by atoms with Crippen LogP contribution >= 0.6 is 15.9 Å². The summed E-state index contributed by atoms with van der Waals surface area (Å²) in [5.74, 6) is -1.02. The van der Waals surface area contributed by atoms with Gasteiger partial charge in [-0.05, 0) is 41.5 Å². The molecule has 0 fully saturated rings. The molecule has 5 heteroatoms. The molecule has 0 heterocycles. The van der Waals surface area contributed by atoms with E-state index in [0.717, 1.165) is 10.0 Å². The fourth-order valence-electron chi connectivity index (χ4n) is 1.72. The largest absolute Gasteiger partial charge is 0.352 e. The van der Waals surface area contributed by atoms with Gasteiger partial charge in [-0.2, -0.15) is 0 Å². The van der Waals surface area contributed by atoms with E-state index in [2.05, 4.69) is 21.2 Å². The fraction of sp³-hybridized carbons (Fsp3) is 0.133. The highest BCUT2D eigenvalue weighted by atomic mass is 79.9. The second kappa shape index (κ2) is 6.61. The molecule has 0 saturated carbocycles. The smallest absolute Gasteiger partial charge is 0.224 e. The van der Waals surface area contributed by atoms with Gasteiger partial charge in [0, 0.05) is 11.0 Å². The van der Waals surface area contributed by atoms with E-state index in [1.54, 1.807) is 24.3 Å². The van der Waals surface area contributed by atoms with Crippen molar-refractivity contribution >= 4 is 21.8 Å². The molecule has 0 aliphatic carbocycles. The van der Waals surface area contributed by atoms with Crippen molar-refractivity contribution < 1.29 is 13.6 Å². The van der Waals surface area contributed by atoms with Crippen LogP contribution in [-0.4, -0.2) is 5.91 Å². The number of hydrogen-bond donors (Lipinski definition) is 1. The van der Waals surface area contributed by atoms with Gasteiger partial charge >= 0.3 is 0 Å². The number of carbonyl (C=O) groups excluding carboxylic acids is 1. The summed E-state index contributed by atoms with van der Waals surface area (Å²) < 4.78 is 26.9. The third-order valence-electron chi connectivity index (χ3n) is 2.76. The molecular formula is C15H12BrF2NO. The zero-order valence-electron chi connectivity index (χ0n) is 10.5. The molecule has 1 amide bonds. The number of hydrogen-bond acceptors (Lipinski definition) is 1. The molecular weight excluding hydrogens is 328 g/mol. The molecule has 2 aromatic rings. The molecule has 0 aliphatic rings. The zero-order valence-corrected chi connectivity index (χ0v) is 12.1. The van der Waals surface area contributed by atoms with Crippen LogP contribution in [0.1, 0.15) is 11.1 Å². The first-order valence-electron chi connectivity index (χ1n) is 5.99. The molecule has 0 spiro atoms. The van der Waals surface area contributed by atoms with Crippen molar-refractivity contribution in [3.63, 3.8) is 0 Å². The minimum Gasteiger partial charge on any atom is -0.352 e. The molecule has 0 radical (unpaired) electrons. The van der Waals surface area contributed by atoms with Gasteiger partial charge in [0.2, 0.25) is 5.91 Å². The second-order valence-corrected chi connectivity index (χ2v) is 5.23. The lowest BCUT2D eigenvalue weighted by Crippen LogP contribution is -2.24. The summed E-state index contributed by atoms with van der Waals surface area (Å²) in [4.78, 5) is 11.7. The van der Waals surface area contributed by atoms with E-state index in [0.29, 0.717) is 5.56 Å². The van der Waals surface area contributed by atoms with Gasteiger partial charge in [-0.15, -0.1) is 0 Å². The lowest BCUT2D eigenvalue weighted by molar-refractivity contribution is -0.120. The highest BCUT2D eigenvalue weighted by Gasteiger charge is 2.08. The third-order valence-corrected chi connectivity index (χ3v) is 3.25. The maximum atomic E-state index is 13.5. The number of halogens is 3. The van der Waals surface area contributed by atoms with Crippen LogP contribution in [0, 0.1) is 11.6 Å². The fourth-order valence-corrected chi connectivity index (χ4v) is 2.13. The molecule has 0 saturated heterocycles. The highest BCUT2D eigenvalue weighted by Crippen LogP contribution is 2.16. The van der Waals surface area contributed by atoms with Gasteiger partial charge in [-0.25, -0.2) is 8.78 Å². The summed E-state index contributed by atoms with van der Waals surface area (Å²) in [6.45, 7) is 0.286. The Morgan fingerprint density at radius 2 is 1.80 bits per heavy atom. The van der Waals surface area contributed by atoms with E-state index in [1.807, 2.05) is 0 Å². The first-order valence-corrected chi connectivity index (χ1v) is 6.79. The summed E-state index contributed by atoms with van der Waals surface area (Å²) >= 11 is 3.23. The Hall–Kier alpha value is -1.75. The quantitative estimate of drug-likeness (QED) is 0.906. The average Bonchev–Trinajstić information content (AvgIpc) is 2.42. The maximum Gasteiger partial charge on any atom is 0.224 e. The minimum atomic E-state index is -0.412. The lowest BCUT2D eigenvalue weighted by atomic mass is 10.1. The maximum absolute atomic E-state index is 13.5. The first-order chi connectivity index (χ1) is 9.54. The van der Waals surface area contributed by atoms with E-state index >= 15 is 0 Å². The summed E-state index contributed by atoms with van der Waals surface area (Å²) in [6, 6.07) is 10.3. The molecule has 0 bridgehead atoms. The number of rotatable bonds is 4. The van der Waals surface area contributed by atoms with Gasteiger partial charge in [0.1, 0.15) is 11.6 Å². The standard InChI is InChI=1S/C15H12BrF2NO/c16-12-3-6-14(18)11(7-12)8-15(20)19-9-10-1-4-13(17)5-2-10/h1-7H,8-9H2,(H,19,20). The Balaban J connectivity index is 1.92. The molecule has 0 aromatic heterocycles. The van der Waals surface area contributed by atoms with Crippen LogP contribution in [0.4, 0.5) is 8.78 Å². The van der Waals surface area contributed by atoms with Crippen molar-refractivity contribution in [2.24, 2.45) is 0 Å². The number of nitrogens with one attached hydrogen (secondary N) is 1.